The van der Waals surface area contributed by atoms with E-state index in [1.165, 1.54) is 25.3 Å². The Kier molecular flexibility index (Phi) is 5.17. The number of hydrogen-bond donors (Lipinski definition) is 1. The summed E-state index contributed by atoms with van der Waals surface area (Å²) in [6.07, 6.45) is 3.16. The molecule has 0 aliphatic heterocycles. The van der Waals surface area contributed by atoms with Gasteiger partial charge in [-0.2, -0.15) is 0 Å². The Morgan fingerprint density at radius 3 is 2.27 bits per heavy atom. The van der Waals surface area contributed by atoms with Gasteiger partial charge < -0.3 is 5.32 Å². The summed E-state index contributed by atoms with van der Waals surface area (Å²) in [4.78, 5) is 27.8. The molecular formula is C21H17FN2O2. The van der Waals surface area contributed by atoms with Crippen molar-refractivity contribution in [3.8, 4) is 11.1 Å². The first kappa shape index (κ1) is 17.5. The van der Waals surface area contributed by atoms with Crippen LogP contribution in [0.2, 0.25) is 0 Å². The maximum absolute atomic E-state index is 12.9. The Morgan fingerprint density at radius 1 is 0.923 bits per heavy atom. The van der Waals surface area contributed by atoms with Crippen molar-refractivity contribution in [3.05, 3.63) is 89.5 Å². The average molecular weight is 348 g/mol. The van der Waals surface area contributed by atoms with Crippen LogP contribution in [-0.2, 0) is 6.54 Å². The highest BCUT2D eigenvalue weighted by molar-refractivity contribution is 5.96. The molecule has 5 heteroatoms. The molecule has 0 saturated heterocycles. The summed E-state index contributed by atoms with van der Waals surface area (Å²) in [6, 6.07) is 14.9. The number of carbonyl (C=O) groups excluding carboxylic acids is 2. The third-order valence-electron chi connectivity index (χ3n) is 3.99. The van der Waals surface area contributed by atoms with Crippen molar-refractivity contribution in [2.75, 3.05) is 0 Å². The molecule has 130 valence electrons. The minimum atomic E-state index is -0.312. The fourth-order valence-corrected chi connectivity index (χ4v) is 2.51. The van der Waals surface area contributed by atoms with E-state index >= 15 is 0 Å². The summed E-state index contributed by atoms with van der Waals surface area (Å²) in [5.41, 5.74) is 3.53. The lowest BCUT2D eigenvalue weighted by Crippen LogP contribution is -2.22. The quantitative estimate of drug-likeness (QED) is 0.709. The molecule has 1 heterocycles. The van der Waals surface area contributed by atoms with Gasteiger partial charge >= 0.3 is 0 Å². The van der Waals surface area contributed by atoms with Crippen LogP contribution in [0.4, 0.5) is 4.39 Å². The maximum atomic E-state index is 12.9. The topological polar surface area (TPSA) is 59.1 Å². The minimum Gasteiger partial charge on any atom is -0.348 e. The van der Waals surface area contributed by atoms with E-state index in [0.717, 1.165) is 16.7 Å². The first-order valence-corrected chi connectivity index (χ1v) is 8.12. The lowest BCUT2D eigenvalue weighted by Gasteiger charge is -2.07. The van der Waals surface area contributed by atoms with E-state index in [1.807, 2.05) is 12.1 Å². The largest absolute Gasteiger partial charge is 0.348 e. The second kappa shape index (κ2) is 7.70. The maximum Gasteiger partial charge on any atom is 0.253 e. The van der Waals surface area contributed by atoms with E-state index < -0.39 is 0 Å². The number of rotatable bonds is 5. The molecule has 0 saturated carbocycles. The Balaban J connectivity index is 1.72. The molecule has 0 aliphatic carbocycles. The van der Waals surface area contributed by atoms with Crippen LogP contribution in [-0.4, -0.2) is 16.7 Å². The van der Waals surface area contributed by atoms with Crippen LogP contribution >= 0.6 is 0 Å². The van der Waals surface area contributed by atoms with Gasteiger partial charge in [0.15, 0.2) is 5.78 Å². The predicted molar refractivity (Wildman–Crippen MR) is 97.2 cm³/mol. The second-order valence-corrected chi connectivity index (χ2v) is 5.90. The fourth-order valence-electron chi connectivity index (χ4n) is 2.51. The molecule has 0 bridgehead atoms. The van der Waals surface area contributed by atoms with Crippen LogP contribution in [0, 0.1) is 5.82 Å². The van der Waals surface area contributed by atoms with Crippen molar-refractivity contribution >= 4 is 11.7 Å². The van der Waals surface area contributed by atoms with Crippen molar-refractivity contribution in [2.45, 2.75) is 13.5 Å². The zero-order valence-corrected chi connectivity index (χ0v) is 14.2. The van der Waals surface area contributed by atoms with Gasteiger partial charge in [0.05, 0.1) is 5.56 Å². The van der Waals surface area contributed by atoms with E-state index in [1.54, 1.807) is 36.5 Å². The summed E-state index contributed by atoms with van der Waals surface area (Å²) in [5, 5.41) is 2.79. The van der Waals surface area contributed by atoms with Gasteiger partial charge in [-0.05, 0) is 36.2 Å². The molecule has 4 nitrogen and oxygen atoms in total. The Morgan fingerprint density at radius 2 is 1.62 bits per heavy atom. The van der Waals surface area contributed by atoms with Gasteiger partial charge in [-0.25, -0.2) is 4.39 Å². The van der Waals surface area contributed by atoms with Gasteiger partial charge in [0.2, 0.25) is 0 Å². The van der Waals surface area contributed by atoms with E-state index in [9.17, 15) is 14.0 Å². The van der Waals surface area contributed by atoms with Crippen LogP contribution in [0.1, 0.15) is 33.2 Å². The molecule has 0 unspecified atom stereocenters. The van der Waals surface area contributed by atoms with Crippen molar-refractivity contribution in [3.63, 3.8) is 0 Å². The average Bonchev–Trinajstić information content (AvgIpc) is 2.67. The number of Topliss-reactive ketones (excluding diaryl/α,β-unsaturated/α-hetero) is 1. The molecule has 1 aromatic heterocycles. The van der Waals surface area contributed by atoms with E-state index in [2.05, 4.69) is 10.3 Å². The molecule has 3 aromatic rings. The zero-order valence-electron chi connectivity index (χ0n) is 14.2. The van der Waals surface area contributed by atoms with Crippen LogP contribution in [0.5, 0.6) is 0 Å². The highest BCUT2D eigenvalue weighted by atomic mass is 19.1. The van der Waals surface area contributed by atoms with Crippen molar-refractivity contribution < 1.29 is 14.0 Å². The number of aromatic nitrogens is 1. The van der Waals surface area contributed by atoms with Gasteiger partial charge in [0.1, 0.15) is 5.82 Å². The predicted octanol–water partition coefficient (Wildman–Crippen LogP) is 4.02. The summed E-state index contributed by atoms with van der Waals surface area (Å²) < 4.78 is 12.9. The third kappa shape index (κ3) is 4.19. The van der Waals surface area contributed by atoms with Crippen molar-refractivity contribution in [2.24, 2.45) is 0 Å². The van der Waals surface area contributed by atoms with Crippen LogP contribution in [0.3, 0.4) is 0 Å². The van der Waals surface area contributed by atoms with Gasteiger partial charge in [0.25, 0.3) is 5.91 Å². The van der Waals surface area contributed by atoms with Gasteiger partial charge in [-0.15, -0.1) is 0 Å². The summed E-state index contributed by atoms with van der Waals surface area (Å²) in [5.74, 6) is -0.569. The highest BCUT2D eigenvalue weighted by Gasteiger charge is 2.08. The molecule has 0 radical (unpaired) electrons. The monoisotopic (exact) mass is 348 g/mol. The van der Waals surface area contributed by atoms with Gasteiger partial charge in [-0.3, -0.25) is 14.6 Å². The number of amides is 1. The number of carbonyl (C=O) groups is 2. The number of nitrogens with zero attached hydrogens (tertiary/aromatic N) is 1. The lowest BCUT2D eigenvalue weighted by atomic mass is 10.0. The number of ketones is 1. The van der Waals surface area contributed by atoms with Crippen LogP contribution in [0.25, 0.3) is 11.1 Å². The Labute approximate surface area is 150 Å². The molecule has 2 aromatic carbocycles. The van der Waals surface area contributed by atoms with Crippen LogP contribution < -0.4 is 5.32 Å². The number of hydrogen-bond acceptors (Lipinski definition) is 3. The van der Waals surface area contributed by atoms with E-state index in [4.69, 9.17) is 0 Å². The SMILES string of the molecule is CC(=O)c1ccc(-c2cncc(C(=O)NCc3ccc(F)cc3)c2)cc1. The standard InChI is InChI=1S/C21H17FN2O2/c1-14(25)16-4-6-17(7-5-16)18-10-19(13-23-12-18)21(26)24-11-15-2-8-20(22)9-3-15/h2-10,12-13H,11H2,1H3,(H,24,26). The van der Waals surface area contributed by atoms with Gasteiger partial charge in [-0.1, -0.05) is 36.4 Å². The fraction of sp³-hybridized carbons (Fsp3) is 0.0952. The molecular weight excluding hydrogens is 331 g/mol. The molecule has 0 spiro atoms. The first-order valence-electron chi connectivity index (χ1n) is 8.12. The van der Waals surface area contributed by atoms with E-state index in [-0.39, 0.29) is 17.5 Å². The normalized spacial score (nSPS) is 10.4. The Bertz CT molecular complexity index is 935. The molecule has 26 heavy (non-hydrogen) atoms. The van der Waals surface area contributed by atoms with Crippen molar-refractivity contribution in [1.29, 1.82) is 0 Å². The number of pyridine rings is 1. The minimum absolute atomic E-state index is 0.00333. The molecule has 1 amide bonds. The number of nitrogens with one attached hydrogen (secondary N) is 1. The summed E-state index contributed by atoms with van der Waals surface area (Å²) in [6.45, 7) is 1.82. The second-order valence-electron chi connectivity index (χ2n) is 5.90. The lowest BCUT2D eigenvalue weighted by molar-refractivity contribution is 0.0949. The first-order chi connectivity index (χ1) is 12.5. The smallest absolute Gasteiger partial charge is 0.253 e. The highest BCUT2D eigenvalue weighted by Crippen LogP contribution is 2.20. The summed E-state index contributed by atoms with van der Waals surface area (Å²) >= 11 is 0. The van der Waals surface area contributed by atoms with Crippen molar-refractivity contribution in [1.82, 2.24) is 10.3 Å². The van der Waals surface area contributed by atoms with Crippen LogP contribution in [0.15, 0.2) is 67.0 Å². The molecule has 0 atom stereocenters. The third-order valence-corrected chi connectivity index (χ3v) is 3.99. The summed E-state index contributed by atoms with van der Waals surface area (Å²) in [7, 11) is 0. The number of benzene rings is 2. The number of halogens is 1. The van der Waals surface area contributed by atoms with Gasteiger partial charge in [0, 0.05) is 30.1 Å². The Hall–Kier alpha value is -3.34. The molecule has 0 fully saturated rings. The zero-order chi connectivity index (χ0) is 18.5. The molecule has 1 N–H and O–H groups in total. The molecule has 3 rings (SSSR count). The van der Waals surface area contributed by atoms with E-state index in [0.29, 0.717) is 17.7 Å². The molecule has 0 aliphatic rings.